The largest absolute Gasteiger partial charge is 0.479 e. The number of ether oxygens (including phenoxy) is 1. The summed E-state index contributed by atoms with van der Waals surface area (Å²) in [6.07, 6.45) is 0.938. The fourth-order valence-electron chi connectivity index (χ4n) is 1.81. The van der Waals surface area contributed by atoms with E-state index >= 15 is 0 Å². The van der Waals surface area contributed by atoms with Crippen molar-refractivity contribution >= 4 is 17.3 Å². The van der Waals surface area contributed by atoms with E-state index in [1.807, 2.05) is 5.38 Å². The Hall–Kier alpha value is -0.940. The summed E-state index contributed by atoms with van der Waals surface area (Å²) in [5.41, 5.74) is 2.22. The SMILES string of the molecule is COC(C(=O)O)C1(c2cscn2)CC1. The summed E-state index contributed by atoms with van der Waals surface area (Å²) >= 11 is 1.49. The molecule has 4 nitrogen and oxygen atoms in total. The zero-order chi connectivity index (χ0) is 10.2. The molecule has 1 unspecified atom stereocenters. The third kappa shape index (κ3) is 1.33. The van der Waals surface area contributed by atoms with Crippen LogP contribution in [-0.2, 0) is 14.9 Å². The fourth-order valence-corrected chi connectivity index (χ4v) is 2.47. The van der Waals surface area contributed by atoms with Gasteiger partial charge in [0.2, 0.25) is 0 Å². The number of aliphatic carboxylic acids is 1. The summed E-state index contributed by atoms with van der Waals surface area (Å²) in [6, 6.07) is 0. The van der Waals surface area contributed by atoms with Crippen molar-refractivity contribution in [2.24, 2.45) is 0 Å². The minimum Gasteiger partial charge on any atom is -0.479 e. The predicted octanol–water partition coefficient (Wildman–Crippen LogP) is 1.27. The lowest BCUT2D eigenvalue weighted by molar-refractivity contribution is -0.150. The highest BCUT2D eigenvalue weighted by Gasteiger charge is 2.55. The Morgan fingerprint density at radius 3 is 2.86 bits per heavy atom. The molecule has 1 saturated carbocycles. The standard InChI is InChI=1S/C9H11NO3S/c1-13-7(8(11)12)9(2-3-9)6-4-14-5-10-6/h4-5,7H,2-3H2,1H3,(H,11,12). The number of nitrogens with zero attached hydrogens (tertiary/aromatic N) is 1. The molecule has 1 atom stereocenters. The summed E-state index contributed by atoms with van der Waals surface area (Å²) in [5, 5.41) is 10.9. The molecule has 14 heavy (non-hydrogen) atoms. The van der Waals surface area contributed by atoms with Crippen LogP contribution in [0.3, 0.4) is 0 Å². The molecule has 0 aliphatic heterocycles. The number of carboxylic acids is 1. The monoisotopic (exact) mass is 213 g/mol. The van der Waals surface area contributed by atoms with Crippen LogP contribution >= 0.6 is 11.3 Å². The van der Waals surface area contributed by atoms with Crippen molar-refractivity contribution in [3.63, 3.8) is 0 Å². The Bertz CT molecular complexity index is 332. The molecule has 1 N–H and O–H groups in total. The van der Waals surface area contributed by atoms with Crippen molar-refractivity contribution in [3.8, 4) is 0 Å². The normalized spacial score (nSPS) is 20.4. The second-order valence-corrected chi connectivity index (χ2v) is 4.20. The molecule has 1 fully saturated rings. The molecule has 1 aromatic rings. The summed E-state index contributed by atoms with van der Waals surface area (Å²) in [5.74, 6) is -0.905. The highest BCUT2D eigenvalue weighted by molar-refractivity contribution is 7.07. The average molecular weight is 213 g/mol. The lowest BCUT2D eigenvalue weighted by atomic mass is 9.96. The Morgan fingerprint density at radius 1 is 1.79 bits per heavy atom. The van der Waals surface area contributed by atoms with Gasteiger partial charge in [0.15, 0.2) is 6.10 Å². The molecule has 0 saturated heterocycles. The number of aromatic nitrogens is 1. The van der Waals surface area contributed by atoms with Crippen molar-refractivity contribution in [1.82, 2.24) is 4.98 Å². The number of carboxylic acid groups (broad SMARTS) is 1. The number of rotatable bonds is 4. The maximum atomic E-state index is 11.0. The Labute approximate surface area is 85.5 Å². The van der Waals surface area contributed by atoms with Crippen molar-refractivity contribution in [2.45, 2.75) is 24.4 Å². The van der Waals surface area contributed by atoms with Crippen LogP contribution in [-0.4, -0.2) is 29.3 Å². The van der Waals surface area contributed by atoms with Gasteiger partial charge < -0.3 is 9.84 Å². The molecule has 0 bridgehead atoms. The molecule has 5 heteroatoms. The van der Waals surface area contributed by atoms with Gasteiger partial charge in [0.25, 0.3) is 0 Å². The number of thiazole rings is 1. The van der Waals surface area contributed by atoms with E-state index in [0.717, 1.165) is 18.5 Å². The van der Waals surface area contributed by atoms with Gasteiger partial charge in [-0.15, -0.1) is 11.3 Å². The Kier molecular flexibility index (Phi) is 2.28. The quantitative estimate of drug-likeness (QED) is 0.818. The lowest BCUT2D eigenvalue weighted by Gasteiger charge is -2.19. The van der Waals surface area contributed by atoms with Gasteiger partial charge in [0.05, 0.1) is 16.6 Å². The first kappa shape index (κ1) is 9.61. The predicted molar refractivity (Wildman–Crippen MR) is 51.5 cm³/mol. The molecule has 2 rings (SSSR count). The maximum Gasteiger partial charge on any atom is 0.333 e. The molecule has 76 valence electrons. The Balaban J connectivity index is 2.28. The smallest absolute Gasteiger partial charge is 0.333 e. The van der Waals surface area contributed by atoms with Crippen LogP contribution in [0.25, 0.3) is 0 Å². The molecule has 1 aliphatic rings. The van der Waals surface area contributed by atoms with Crippen LogP contribution in [0, 0.1) is 0 Å². The number of methoxy groups -OCH3 is 1. The summed E-state index contributed by atoms with van der Waals surface area (Å²) < 4.78 is 5.03. The first-order valence-electron chi connectivity index (χ1n) is 4.35. The zero-order valence-corrected chi connectivity index (χ0v) is 8.58. The first-order chi connectivity index (χ1) is 6.70. The molecule has 1 aliphatic carbocycles. The van der Waals surface area contributed by atoms with E-state index in [9.17, 15) is 4.79 Å². The van der Waals surface area contributed by atoms with E-state index in [1.54, 1.807) is 5.51 Å². The fraction of sp³-hybridized carbons (Fsp3) is 0.556. The van der Waals surface area contributed by atoms with Crippen LogP contribution in [0.2, 0.25) is 0 Å². The lowest BCUT2D eigenvalue weighted by Crippen LogP contribution is -2.36. The number of hydrogen-bond donors (Lipinski definition) is 1. The van der Waals surface area contributed by atoms with Gasteiger partial charge in [-0.05, 0) is 12.8 Å². The van der Waals surface area contributed by atoms with Crippen molar-refractivity contribution in [1.29, 1.82) is 0 Å². The van der Waals surface area contributed by atoms with Gasteiger partial charge >= 0.3 is 5.97 Å². The molecule has 1 heterocycles. The van der Waals surface area contributed by atoms with E-state index in [4.69, 9.17) is 9.84 Å². The molecular weight excluding hydrogens is 202 g/mol. The van der Waals surface area contributed by atoms with E-state index < -0.39 is 12.1 Å². The van der Waals surface area contributed by atoms with Gasteiger partial charge in [-0.2, -0.15) is 0 Å². The summed E-state index contributed by atoms with van der Waals surface area (Å²) in [7, 11) is 1.44. The topological polar surface area (TPSA) is 59.4 Å². The van der Waals surface area contributed by atoms with Gasteiger partial charge in [0, 0.05) is 12.5 Å². The van der Waals surface area contributed by atoms with Crippen LogP contribution < -0.4 is 0 Å². The minimum absolute atomic E-state index is 0.361. The number of hydrogen-bond acceptors (Lipinski definition) is 4. The van der Waals surface area contributed by atoms with Gasteiger partial charge in [-0.3, -0.25) is 0 Å². The highest BCUT2D eigenvalue weighted by Crippen LogP contribution is 2.51. The van der Waals surface area contributed by atoms with Gasteiger partial charge in [0.1, 0.15) is 0 Å². The van der Waals surface area contributed by atoms with Gasteiger partial charge in [-0.1, -0.05) is 0 Å². The highest BCUT2D eigenvalue weighted by atomic mass is 32.1. The average Bonchev–Trinajstić information content (AvgIpc) is 2.76. The van der Waals surface area contributed by atoms with Crippen molar-refractivity contribution in [2.75, 3.05) is 7.11 Å². The maximum absolute atomic E-state index is 11.0. The zero-order valence-electron chi connectivity index (χ0n) is 7.77. The third-order valence-electron chi connectivity index (χ3n) is 2.69. The summed E-state index contributed by atoms with van der Waals surface area (Å²) in [6.45, 7) is 0. The van der Waals surface area contributed by atoms with Gasteiger partial charge in [-0.25, -0.2) is 9.78 Å². The number of carbonyl (C=O) groups is 1. The van der Waals surface area contributed by atoms with E-state index in [0.29, 0.717) is 0 Å². The van der Waals surface area contributed by atoms with Crippen LogP contribution in [0.15, 0.2) is 10.9 Å². The van der Waals surface area contributed by atoms with Crippen LogP contribution in [0.5, 0.6) is 0 Å². The molecular formula is C9H11NO3S. The summed E-state index contributed by atoms with van der Waals surface area (Å²) in [4.78, 5) is 15.1. The minimum atomic E-state index is -0.905. The molecule has 0 spiro atoms. The van der Waals surface area contributed by atoms with E-state index in [1.165, 1.54) is 18.4 Å². The molecule has 1 aromatic heterocycles. The molecule has 0 radical (unpaired) electrons. The van der Waals surface area contributed by atoms with Crippen molar-refractivity contribution < 1.29 is 14.6 Å². The van der Waals surface area contributed by atoms with E-state index in [-0.39, 0.29) is 5.41 Å². The molecule has 0 aromatic carbocycles. The second kappa shape index (κ2) is 3.33. The van der Waals surface area contributed by atoms with Crippen LogP contribution in [0.4, 0.5) is 0 Å². The third-order valence-corrected chi connectivity index (χ3v) is 3.28. The Morgan fingerprint density at radius 2 is 2.50 bits per heavy atom. The second-order valence-electron chi connectivity index (χ2n) is 3.48. The van der Waals surface area contributed by atoms with E-state index in [2.05, 4.69) is 4.98 Å². The molecule has 0 amide bonds. The first-order valence-corrected chi connectivity index (χ1v) is 5.29. The van der Waals surface area contributed by atoms with Crippen molar-refractivity contribution in [3.05, 3.63) is 16.6 Å². The van der Waals surface area contributed by atoms with Crippen LogP contribution in [0.1, 0.15) is 18.5 Å².